The minimum absolute atomic E-state index is 0.307. The minimum atomic E-state index is -2.74. The summed E-state index contributed by atoms with van der Waals surface area (Å²) in [5, 5.41) is 3.47. The quantitative estimate of drug-likeness (QED) is 0.477. The first-order valence-electron chi connectivity index (χ1n) is 14.1. The van der Waals surface area contributed by atoms with E-state index in [0.29, 0.717) is 66.9 Å². The summed E-state index contributed by atoms with van der Waals surface area (Å²) < 4.78 is 41.0. The predicted molar refractivity (Wildman–Crippen MR) is 146 cm³/mol. The molecule has 0 radical (unpaired) electrons. The second kappa shape index (κ2) is 11.7. The van der Waals surface area contributed by atoms with E-state index in [1.54, 1.807) is 12.1 Å². The van der Waals surface area contributed by atoms with E-state index >= 15 is 0 Å². The number of nitrogens with one attached hydrogen (secondary N) is 1. The molecular formula is C28H37F2N7O2. The highest BCUT2D eigenvalue weighted by Crippen LogP contribution is 2.32. The number of rotatable bonds is 7. The van der Waals surface area contributed by atoms with Crippen LogP contribution in [0.4, 0.5) is 20.5 Å². The standard InChI is InChI=1S/C28H37F2N7O2/c1-19-3-2-4-22-25(19)37(27(32-22)26(29)30)24-17-23(36-11-15-39-16-12-36)33-28(34-24)31-18-20-5-7-21(8-6-20)35-9-13-38-14-10-35/h2-4,17,20-21,26H,5-16,18H2,1H3,(H,31,33,34)/t20-,21-. The monoisotopic (exact) mass is 541 g/mol. The lowest BCUT2D eigenvalue weighted by Crippen LogP contribution is -2.45. The molecule has 0 spiro atoms. The van der Waals surface area contributed by atoms with Crippen molar-refractivity contribution < 1.29 is 18.3 Å². The molecule has 0 amide bonds. The van der Waals surface area contributed by atoms with Crippen molar-refractivity contribution >= 4 is 22.8 Å². The van der Waals surface area contributed by atoms with Crippen molar-refractivity contribution in [2.75, 3.05) is 69.4 Å². The lowest BCUT2D eigenvalue weighted by Gasteiger charge is -2.38. The van der Waals surface area contributed by atoms with Crippen molar-refractivity contribution in [1.82, 2.24) is 24.4 Å². The molecule has 3 aromatic rings. The highest BCUT2D eigenvalue weighted by atomic mass is 19.3. The third-order valence-electron chi connectivity index (χ3n) is 8.29. The number of aryl methyl sites for hydroxylation is 1. The summed E-state index contributed by atoms with van der Waals surface area (Å²) in [7, 11) is 0. The van der Waals surface area contributed by atoms with E-state index in [2.05, 4.69) is 20.1 Å². The molecule has 9 nitrogen and oxygen atoms in total. The van der Waals surface area contributed by atoms with Crippen LogP contribution in [0.15, 0.2) is 24.3 Å². The van der Waals surface area contributed by atoms with Gasteiger partial charge in [-0.05, 0) is 50.2 Å². The van der Waals surface area contributed by atoms with E-state index in [0.717, 1.165) is 51.3 Å². The molecule has 0 unspecified atom stereocenters. The van der Waals surface area contributed by atoms with Crippen molar-refractivity contribution in [3.63, 3.8) is 0 Å². The molecule has 3 fully saturated rings. The summed E-state index contributed by atoms with van der Waals surface area (Å²) in [5.74, 6) is 1.78. The van der Waals surface area contributed by atoms with Gasteiger partial charge in [0, 0.05) is 44.8 Å². The van der Waals surface area contributed by atoms with E-state index in [1.165, 1.54) is 17.4 Å². The average Bonchev–Trinajstić information content (AvgIpc) is 3.39. The third-order valence-corrected chi connectivity index (χ3v) is 8.29. The van der Waals surface area contributed by atoms with E-state index < -0.39 is 6.43 Å². The molecule has 0 atom stereocenters. The average molecular weight is 542 g/mol. The Morgan fingerprint density at radius 3 is 2.33 bits per heavy atom. The molecule has 6 rings (SSSR count). The van der Waals surface area contributed by atoms with Crippen LogP contribution in [0.25, 0.3) is 16.9 Å². The predicted octanol–water partition coefficient (Wildman–Crippen LogP) is 4.20. The van der Waals surface area contributed by atoms with Crippen LogP contribution in [0.1, 0.15) is 43.5 Å². The normalized spacial score (nSPS) is 23.0. The van der Waals surface area contributed by atoms with Gasteiger partial charge in [-0.1, -0.05) is 12.1 Å². The van der Waals surface area contributed by atoms with E-state index in [4.69, 9.17) is 19.4 Å². The smallest absolute Gasteiger partial charge is 0.296 e. The number of hydrogen-bond acceptors (Lipinski definition) is 8. The fourth-order valence-electron chi connectivity index (χ4n) is 6.15. The molecule has 1 N–H and O–H groups in total. The topological polar surface area (TPSA) is 80.6 Å². The van der Waals surface area contributed by atoms with Crippen LogP contribution >= 0.6 is 0 Å². The summed E-state index contributed by atoms with van der Waals surface area (Å²) in [5.41, 5.74) is 2.04. The SMILES string of the molecule is Cc1cccc2nc(C(F)F)n(-c3cc(N4CCOCC4)nc(NC[C@H]4CC[C@H](N5CCOCC5)CC4)n3)c12. The van der Waals surface area contributed by atoms with Crippen LogP contribution < -0.4 is 10.2 Å². The van der Waals surface area contributed by atoms with Crippen LogP contribution in [0.3, 0.4) is 0 Å². The molecule has 1 saturated carbocycles. The van der Waals surface area contributed by atoms with Gasteiger partial charge in [-0.2, -0.15) is 9.97 Å². The number of anilines is 2. The fraction of sp³-hybridized carbons (Fsp3) is 0.607. The van der Waals surface area contributed by atoms with Crippen LogP contribution in [0.2, 0.25) is 0 Å². The molecule has 1 aliphatic carbocycles. The molecule has 0 bridgehead atoms. The summed E-state index contributed by atoms with van der Waals surface area (Å²) >= 11 is 0. The van der Waals surface area contributed by atoms with Gasteiger partial charge in [0.05, 0.1) is 37.5 Å². The highest BCUT2D eigenvalue weighted by Gasteiger charge is 2.28. The Morgan fingerprint density at radius 1 is 0.923 bits per heavy atom. The maximum absolute atomic E-state index is 14.2. The Balaban J connectivity index is 1.26. The van der Waals surface area contributed by atoms with Crippen molar-refractivity contribution in [3.8, 4) is 5.82 Å². The zero-order chi connectivity index (χ0) is 26.8. The van der Waals surface area contributed by atoms with Gasteiger partial charge in [0.2, 0.25) is 5.95 Å². The molecule has 2 aromatic heterocycles. The Bertz CT molecular complexity index is 1270. The number of benzene rings is 1. The van der Waals surface area contributed by atoms with Gasteiger partial charge < -0.3 is 19.7 Å². The molecule has 2 saturated heterocycles. The lowest BCUT2D eigenvalue weighted by molar-refractivity contribution is 0.00539. The summed E-state index contributed by atoms with van der Waals surface area (Å²) in [4.78, 5) is 18.6. The van der Waals surface area contributed by atoms with Crippen LogP contribution in [-0.2, 0) is 9.47 Å². The van der Waals surface area contributed by atoms with Crippen LogP contribution in [0.5, 0.6) is 0 Å². The van der Waals surface area contributed by atoms with Gasteiger partial charge in [-0.3, -0.25) is 9.47 Å². The Kier molecular flexibility index (Phi) is 7.90. The van der Waals surface area contributed by atoms with Crippen molar-refractivity contribution in [3.05, 3.63) is 35.7 Å². The number of ether oxygens (including phenoxy) is 2. The number of para-hydroxylation sites is 1. The van der Waals surface area contributed by atoms with Crippen molar-refractivity contribution in [2.45, 2.75) is 45.1 Å². The van der Waals surface area contributed by atoms with Gasteiger partial charge in [0.25, 0.3) is 6.43 Å². The molecule has 2 aliphatic heterocycles. The first-order chi connectivity index (χ1) is 19.1. The molecule has 3 aliphatic rings. The molecule has 1 aromatic carbocycles. The Labute approximate surface area is 227 Å². The molecule has 11 heteroatoms. The second-order valence-corrected chi connectivity index (χ2v) is 10.8. The molecule has 210 valence electrons. The van der Waals surface area contributed by atoms with Crippen LogP contribution in [-0.4, -0.2) is 89.6 Å². The first kappa shape index (κ1) is 26.3. The Hall–Kier alpha value is -2.89. The first-order valence-corrected chi connectivity index (χ1v) is 14.1. The molecule has 39 heavy (non-hydrogen) atoms. The molecule has 4 heterocycles. The number of aromatic nitrogens is 4. The van der Waals surface area contributed by atoms with Gasteiger partial charge in [-0.25, -0.2) is 13.8 Å². The van der Waals surface area contributed by atoms with Gasteiger partial charge in [-0.15, -0.1) is 0 Å². The van der Waals surface area contributed by atoms with E-state index in [-0.39, 0.29) is 5.82 Å². The maximum Gasteiger partial charge on any atom is 0.296 e. The maximum atomic E-state index is 14.2. The molecular weight excluding hydrogens is 504 g/mol. The Morgan fingerprint density at radius 2 is 1.62 bits per heavy atom. The summed E-state index contributed by atoms with van der Waals surface area (Å²) in [6.45, 7) is 8.97. The van der Waals surface area contributed by atoms with Crippen LogP contribution in [0, 0.1) is 12.8 Å². The lowest BCUT2D eigenvalue weighted by atomic mass is 9.85. The number of imidazole rings is 1. The van der Waals surface area contributed by atoms with Gasteiger partial charge in [0.15, 0.2) is 5.82 Å². The van der Waals surface area contributed by atoms with E-state index in [1.807, 2.05) is 19.1 Å². The fourth-order valence-corrected chi connectivity index (χ4v) is 6.15. The number of alkyl halides is 2. The summed E-state index contributed by atoms with van der Waals surface area (Å²) in [6.07, 6.45) is 1.92. The number of hydrogen-bond donors (Lipinski definition) is 1. The number of nitrogens with zero attached hydrogens (tertiary/aromatic N) is 6. The number of fused-ring (bicyclic) bond motifs is 1. The van der Waals surface area contributed by atoms with Crippen molar-refractivity contribution in [1.29, 1.82) is 0 Å². The summed E-state index contributed by atoms with van der Waals surface area (Å²) in [6, 6.07) is 7.95. The van der Waals surface area contributed by atoms with Gasteiger partial charge >= 0.3 is 0 Å². The zero-order valence-electron chi connectivity index (χ0n) is 22.5. The highest BCUT2D eigenvalue weighted by molar-refractivity contribution is 5.81. The van der Waals surface area contributed by atoms with E-state index in [9.17, 15) is 8.78 Å². The minimum Gasteiger partial charge on any atom is -0.379 e. The second-order valence-electron chi connectivity index (χ2n) is 10.8. The number of halogens is 2. The zero-order valence-corrected chi connectivity index (χ0v) is 22.5. The largest absolute Gasteiger partial charge is 0.379 e. The van der Waals surface area contributed by atoms with Crippen molar-refractivity contribution in [2.24, 2.45) is 5.92 Å². The number of morpholine rings is 2. The third kappa shape index (κ3) is 5.71. The van der Waals surface area contributed by atoms with Gasteiger partial charge in [0.1, 0.15) is 11.6 Å².